The third-order valence-corrected chi connectivity index (χ3v) is 8.84. The zero-order valence-electron chi connectivity index (χ0n) is 22.6. The van der Waals surface area contributed by atoms with Crippen LogP contribution in [0, 0.1) is 0 Å². The van der Waals surface area contributed by atoms with E-state index in [9.17, 15) is 24.3 Å². The van der Waals surface area contributed by atoms with Gasteiger partial charge in [-0.15, -0.1) is 11.8 Å². The summed E-state index contributed by atoms with van der Waals surface area (Å²) in [6.07, 6.45) is 4.22. The molecule has 2 amide bonds. The molecule has 42 heavy (non-hydrogen) atoms. The van der Waals surface area contributed by atoms with Gasteiger partial charge >= 0.3 is 11.9 Å². The van der Waals surface area contributed by atoms with Crippen molar-refractivity contribution in [3.05, 3.63) is 51.4 Å². The van der Waals surface area contributed by atoms with Gasteiger partial charge in [0.1, 0.15) is 27.1 Å². The molecule has 224 valence electrons. The lowest BCUT2D eigenvalue weighted by Gasteiger charge is -2.49. The van der Waals surface area contributed by atoms with E-state index in [-0.39, 0.29) is 27.4 Å². The number of nitrogens with two attached hydrogens (primary N) is 1. The fourth-order valence-corrected chi connectivity index (χ4v) is 6.62. The molecule has 0 aliphatic carbocycles. The monoisotopic (exact) mass is 638 g/mol. The fraction of sp³-hybridized carbons (Fsp3) is 0.400. The van der Waals surface area contributed by atoms with Crippen LogP contribution >= 0.6 is 34.7 Å². The molecule has 0 radical (unpaired) electrons. The molecule has 1 saturated heterocycles. The number of aromatic nitrogens is 2. The van der Waals surface area contributed by atoms with Gasteiger partial charge in [-0.1, -0.05) is 28.1 Å². The first-order valence-electron chi connectivity index (χ1n) is 12.7. The van der Waals surface area contributed by atoms with E-state index < -0.39 is 47.0 Å². The summed E-state index contributed by atoms with van der Waals surface area (Å²) in [4.78, 5) is 60.0. The van der Waals surface area contributed by atoms with Crippen molar-refractivity contribution in [2.24, 2.45) is 5.16 Å². The Morgan fingerprint density at radius 3 is 2.79 bits per heavy atom. The number of hydrogen-bond donors (Lipinski definition) is 5. The number of pyridine rings is 1. The SMILES string of the molecule is CNCCCc1ccc[n+](CC2=C(C(=O)O)N3C(=O)[C@@H](NC(=O)/C(=N\O[C@@H](C)C(=O)O)c4nc(N)sc4Cl)[C@H]3SC2)c1. The molecule has 0 aromatic carbocycles. The number of amides is 2. The summed E-state index contributed by atoms with van der Waals surface area (Å²) in [6, 6.07) is 2.82. The minimum absolute atomic E-state index is 0.00548. The molecule has 14 nitrogen and oxygen atoms in total. The predicted molar refractivity (Wildman–Crippen MR) is 155 cm³/mol. The average molecular weight is 639 g/mol. The van der Waals surface area contributed by atoms with Gasteiger partial charge in [-0.2, -0.15) is 0 Å². The molecule has 2 aliphatic heterocycles. The number of fused-ring (bicyclic) bond motifs is 1. The van der Waals surface area contributed by atoms with E-state index in [1.165, 1.54) is 23.6 Å². The van der Waals surface area contributed by atoms with Gasteiger partial charge in [0.05, 0.1) is 0 Å². The Kier molecular flexibility index (Phi) is 10.0. The second-order valence-corrected chi connectivity index (χ2v) is 12.1. The Labute approximate surface area is 253 Å². The number of oxime groups is 1. The molecule has 4 rings (SSSR count). The molecule has 1 fully saturated rings. The molecular weight excluding hydrogens is 610 g/mol. The van der Waals surface area contributed by atoms with Crippen molar-refractivity contribution in [1.29, 1.82) is 0 Å². The van der Waals surface area contributed by atoms with Crippen LogP contribution in [-0.2, 0) is 37.0 Å². The van der Waals surface area contributed by atoms with Crippen LogP contribution in [0.2, 0.25) is 4.34 Å². The maximum Gasteiger partial charge on any atom is 0.352 e. The predicted octanol–water partition coefficient (Wildman–Crippen LogP) is 0.451. The molecule has 2 aromatic heterocycles. The first kappa shape index (κ1) is 31.2. The smallest absolute Gasteiger partial charge is 0.352 e. The highest BCUT2D eigenvalue weighted by Crippen LogP contribution is 2.40. The lowest BCUT2D eigenvalue weighted by atomic mass is 10.0. The van der Waals surface area contributed by atoms with E-state index in [1.807, 2.05) is 36.1 Å². The number of rotatable bonds is 13. The van der Waals surface area contributed by atoms with Crippen molar-refractivity contribution in [3.8, 4) is 0 Å². The van der Waals surface area contributed by atoms with Gasteiger partial charge < -0.3 is 31.4 Å². The lowest BCUT2D eigenvalue weighted by Crippen LogP contribution is -2.71. The number of carbonyl (C=O) groups excluding carboxylic acids is 2. The standard InChI is InChI=1S/C25H28ClN7O7S2/c1-12(23(36)37)40-31-16(15-19(26)42-25(27)30-15)20(34)29-17-21(35)33-18(24(38)39)14(11-41-22(17)33)10-32-8-4-6-13(9-32)5-3-7-28-2/h4,6,8-9,12,17,22,28H,3,5,7,10-11H2,1-2H3,(H4-,27,29,30,34,36,37,38,39)/p+1/b31-16-/t12-,17+,22+/m0/s1. The molecule has 17 heteroatoms. The van der Waals surface area contributed by atoms with Gasteiger partial charge in [-0.3, -0.25) is 14.5 Å². The molecule has 0 saturated carbocycles. The van der Waals surface area contributed by atoms with Crippen LogP contribution < -0.4 is 20.9 Å². The van der Waals surface area contributed by atoms with Gasteiger partial charge in [-0.25, -0.2) is 19.1 Å². The normalized spacial score (nSPS) is 19.2. The van der Waals surface area contributed by atoms with E-state index in [4.69, 9.17) is 27.3 Å². The summed E-state index contributed by atoms with van der Waals surface area (Å²) in [5.41, 5.74) is 6.61. The van der Waals surface area contributed by atoms with Crippen molar-refractivity contribution < 1.29 is 38.8 Å². The molecule has 6 N–H and O–H groups in total. The molecule has 3 atom stereocenters. The second kappa shape index (κ2) is 13.5. The maximum atomic E-state index is 13.2. The van der Waals surface area contributed by atoms with Crippen LogP contribution in [0.4, 0.5) is 5.13 Å². The highest BCUT2D eigenvalue weighted by atomic mass is 35.5. The van der Waals surface area contributed by atoms with E-state index in [2.05, 4.69) is 20.8 Å². The number of aliphatic carboxylic acids is 2. The molecule has 2 aliphatic rings. The van der Waals surface area contributed by atoms with Gasteiger partial charge in [-0.05, 0) is 39.4 Å². The number of nitrogens with zero attached hydrogens (tertiary/aromatic N) is 4. The van der Waals surface area contributed by atoms with Crippen LogP contribution in [-0.4, -0.2) is 86.4 Å². The molecule has 0 spiro atoms. The number of nitrogen functional groups attached to an aromatic ring is 1. The number of halogens is 1. The number of carboxylic acid groups (broad SMARTS) is 2. The Morgan fingerprint density at radius 1 is 1.38 bits per heavy atom. The van der Waals surface area contributed by atoms with Crippen LogP contribution in [0.3, 0.4) is 0 Å². The van der Waals surface area contributed by atoms with Crippen LogP contribution in [0.15, 0.2) is 41.0 Å². The van der Waals surface area contributed by atoms with E-state index in [1.54, 1.807) is 0 Å². The lowest BCUT2D eigenvalue weighted by molar-refractivity contribution is -0.689. The zero-order chi connectivity index (χ0) is 30.6. The second-order valence-electron chi connectivity index (χ2n) is 9.41. The number of anilines is 1. The summed E-state index contributed by atoms with van der Waals surface area (Å²) in [6.45, 7) is 2.37. The van der Waals surface area contributed by atoms with Crippen molar-refractivity contribution in [2.75, 3.05) is 25.1 Å². The quantitative estimate of drug-likeness (QED) is 0.0670. The number of thiazole rings is 1. The van der Waals surface area contributed by atoms with Crippen molar-refractivity contribution in [1.82, 2.24) is 20.5 Å². The fourth-order valence-electron chi connectivity index (χ4n) is 4.36. The number of thioether (sulfide) groups is 1. The zero-order valence-corrected chi connectivity index (χ0v) is 25.0. The number of β-lactam (4-membered cyclic amide) rings is 1. The minimum Gasteiger partial charge on any atom is -0.478 e. The van der Waals surface area contributed by atoms with Crippen molar-refractivity contribution in [3.63, 3.8) is 0 Å². The number of aryl methyl sites for hydroxylation is 1. The number of carbonyl (C=O) groups is 4. The third kappa shape index (κ3) is 6.83. The molecule has 2 aromatic rings. The molecular formula is C25H29ClN7O7S2+. The van der Waals surface area contributed by atoms with Crippen LogP contribution in [0.1, 0.15) is 24.6 Å². The Hall–Kier alpha value is -3.73. The average Bonchev–Trinajstić information content (AvgIpc) is 3.28. The topological polar surface area (TPSA) is 200 Å². The van der Waals surface area contributed by atoms with Gasteiger partial charge in [0.2, 0.25) is 6.10 Å². The Morgan fingerprint density at radius 2 is 2.14 bits per heavy atom. The van der Waals surface area contributed by atoms with Crippen molar-refractivity contribution in [2.45, 2.75) is 43.8 Å². The Balaban J connectivity index is 1.52. The van der Waals surface area contributed by atoms with Gasteiger partial charge in [0.25, 0.3) is 11.8 Å². The number of carboxylic acids is 2. The maximum absolute atomic E-state index is 13.2. The minimum atomic E-state index is -1.40. The third-order valence-electron chi connectivity index (χ3n) is 6.41. The summed E-state index contributed by atoms with van der Waals surface area (Å²) in [7, 11) is 1.89. The summed E-state index contributed by atoms with van der Waals surface area (Å²) >= 11 is 8.33. The summed E-state index contributed by atoms with van der Waals surface area (Å²) < 4.78 is 1.90. The highest BCUT2D eigenvalue weighted by molar-refractivity contribution is 8.00. The molecule has 4 heterocycles. The van der Waals surface area contributed by atoms with Crippen molar-refractivity contribution >= 4 is 69.3 Å². The van der Waals surface area contributed by atoms with Gasteiger partial charge in [0, 0.05) is 23.0 Å². The summed E-state index contributed by atoms with van der Waals surface area (Å²) in [5, 5.41) is 27.8. The molecule has 0 unspecified atom stereocenters. The van der Waals surface area contributed by atoms with Crippen LogP contribution in [0.5, 0.6) is 0 Å². The van der Waals surface area contributed by atoms with E-state index >= 15 is 0 Å². The summed E-state index contributed by atoms with van der Waals surface area (Å²) in [5.74, 6) is -3.80. The van der Waals surface area contributed by atoms with Crippen LogP contribution in [0.25, 0.3) is 0 Å². The van der Waals surface area contributed by atoms with E-state index in [0.29, 0.717) is 11.3 Å². The number of hydrogen-bond acceptors (Lipinski definition) is 11. The first-order valence-corrected chi connectivity index (χ1v) is 15.0. The number of nitrogens with one attached hydrogen (secondary N) is 2. The molecule has 0 bridgehead atoms. The van der Waals surface area contributed by atoms with Gasteiger partial charge in [0.15, 0.2) is 29.8 Å². The van der Waals surface area contributed by atoms with E-state index in [0.717, 1.165) is 36.3 Å². The first-order chi connectivity index (χ1) is 20.0. The Bertz CT molecular complexity index is 1460. The largest absolute Gasteiger partial charge is 0.478 e. The highest BCUT2D eigenvalue weighted by Gasteiger charge is 2.55.